The first-order valence-electron chi connectivity index (χ1n) is 5.05. The van der Waals surface area contributed by atoms with Crippen molar-refractivity contribution in [2.75, 3.05) is 20.3 Å². The molecule has 1 N–H and O–H groups in total. The number of hydrogen-bond acceptors (Lipinski definition) is 3. The van der Waals surface area contributed by atoms with Crippen molar-refractivity contribution >= 4 is 0 Å². The summed E-state index contributed by atoms with van der Waals surface area (Å²) in [6, 6.07) is 12.1. The van der Waals surface area contributed by atoms with E-state index in [-0.39, 0.29) is 6.04 Å². The zero-order chi connectivity index (χ0) is 10.9. The zero-order valence-corrected chi connectivity index (χ0v) is 8.94. The molecule has 1 unspecified atom stereocenters. The summed E-state index contributed by atoms with van der Waals surface area (Å²) in [5.41, 5.74) is 1.26. The minimum atomic E-state index is -0.208. The van der Waals surface area contributed by atoms with E-state index in [0.29, 0.717) is 13.2 Å². The van der Waals surface area contributed by atoms with Crippen LogP contribution in [0.2, 0.25) is 0 Å². The van der Waals surface area contributed by atoms with Gasteiger partial charge in [0.15, 0.2) is 0 Å². The van der Waals surface area contributed by atoms with Gasteiger partial charge in [0.2, 0.25) is 0 Å². The van der Waals surface area contributed by atoms with Gasteiger partial charge in [-0.05, 0) is 19.0 Å². The van der Waals surface area contributed by atoms with Crippen LogP contribution in [0, 0.1) is 11.3 Å². The van der Waals surface area contributed by atoms with E-state index in [2.05, 4.69) is 23.5 Å². The Morgan fingerprint density at radius 2 is 2.13 bits per heavy atom. The fraction of sp³-hybridized carbons (Fsp3) is 0.417. The van der Waals surface area contributed by atoms with Gasteiger partial charge in [0.05, 0.1) is 19.3 Å². The molecule has 0 spiro atoms. The van der Waals surface area contributed by atoms with Gasteiger partial charge in [-0.25, -0.2) is 0 Å². The first-order chi connectivity index (χ1) is 7.36. The van der Waals surface area contributed by atoms with Gasteiger partial charge in [-0.2, -0.15) is 5.26 Å². The quantitative estimate of drug-likeness (QED) is 0.711. The van der Waals surface area contributed by atoms with Crippen LogP contribution in [0.4, 0.5) is 0 Å². The van der Waals surface area contributed by atoms with Gasteiger partial charge in [-0.3, -0.25) is 0 Å². The van der Waals surface area contributed by atoms with Crippen molar-refractivity contribution < 1.29 is 4.74 Å². The average Bonchev–Trinajstić information content (AvgIpc) is 2.31. The van der Waals surface area contributed by atoms with Crippen LogP contribution in [0.3, 0.4) is 0 Å². The van der Waals surface area contributed by atoms with Crippen molar-refractivity contribution in [1.82, 2.24) is 5.32 Å². The highest BCUT2D eigenvalue weighted by Gasteiger charge is 2.02. The molecule has 0 amide bonds. The number of nitriles is 1. The van der Waals surface area contributed by atoms with Crippen molar-refractivity contribution in [3.05, 3.63) is 35.9 Å². The number of nitrogens with zero attached hydrogens (tertiary/aromatic N) is 1. The van der Waals surface area contributed by atoms with E-state index in [1.165, 1.54) is 5.56 Å². The molecule has 0 aliphatic rings. The molecule has 0 bridgehead atoms. The third-order valence-electron chi connectivity index (χ3n) is 2.17. The van der Waals surface area contributed by atoms with Gasteiger partial charge >= 0.3 is 0 Å². The van der Waals surface area contributed by atoms with E-state index in [1.807, 2.05) is 18.2 Å². The molecule has 15 heavy (non-hydrogen) atoms. The fourth-order valence-corrected chi connectivity index (χ4v) is 1.22. The van der Waals surface area contributed by atoms with Crippen molar-refractivity contribution in [3.8, 4) is 6.07 Å². The molecule has 0 aliphatic heterocycles. The first-order valence-corrected chi connectivity index (χ1v) is 5.05. The molecule has 1 aromatic carbocycles. The van der Waals surface area contributed by atoms with E-state index in [1.54, 1.807) is 7.05 Å². The Morgan fingerprint density at radius 3 is 2.73 bits per heavy atom. The number of benzene rings is 1. The molecule has 80 valence electrons. The highest BCUT2D eigenvalue weighted by molar-refractivity contribution is 5.14. The smallest absolute Gasteiger partial charge is 0.119 e. The summed E-state index contributed by atoms with van der Waals surface area (Å²) in [4.78, 5) is 0. The summed E-state index contributed by atoms with van der Waals surface area (Å²) in [5.74, 6) is 0. The van der Waals surface area contributed by atoms with E-state index in [0.717, 1.165) is 6.42 Å². The molecule has 0 saturated heterocycles. The Hall–Kier alpha value is -1.37. The largest absolute Gasteiger partial charge is 0.378 e. The number of likely N-dealkylation sites (N-methyl/N-ethyl adjacent to an activating group) is 1. The molecular formula is C12H16N2O. The summed E-state index contributed by atoms with van der Waals surface area (Å²) in [7, 11) is 1.76. The van der Waals surface area contributed by atoms with Crippen molar-refractivity contribution in [3.63, 3.8) is 0 Å². The molecule has 0 aliphatic carbocycles. The highest BCUT2D eigenvalue weighted by atomic mass is 16.5. The van der Waals surface area contributed by atoms with Gasteiger partial charge in [-0.15, -0.1) is 0 Å². The summed E-state index contributed by atoms with van der Waals surface area (Å²) in [6.45, 7) is 1.10. The van der Waals surface area contributed by atoms with E-state index in [9.17, 15) is 0 Å². The third kappa shape index (κ3) is 4.59. The summed E-state index contributed by atoms with van der Waals surface area (Å²) >= 11 is 0. The zero-order valence-electron chi connectivity index (χ0n) is 8.94. The number of nitrogens with one attached hydrogen (secondary N) is 1. The Kier molecular flexibility index (Phi) is 5.46. The van der Waals surface area contributed by atoms with Crippen LogP contribution >= 0.6 is 0 Å². The second-order valence-electron chi connectivity index (χ2n) is 3.28. The Labute approximate surface area is 90.7 Å². The lowest BCUT2D eigenvalue weighted by Crippen LogP contribution is -2.28. The predicted octanol–water partition coefficient (Wildman–Crippen LogP) is 1.36. The molecule has 0 fully saturated rings. The lowest BCUT2D eigenvalue weighted by Gasteiger charge is -2.08. The van der Waals surface area contributed by atoms with Crippen LogP contribution in [0.25, 0.3) is 0 Å². The Balaban J connectivity index is 2.15. The lowest BCUT2D eigenvalue weighted by atomic mass is 10.2. The molecule has 0 aromatic heterocycles. The summed E-state index contributed by atoms with van der Waals surface area (Å²) in [6.07, 6.45) is 0.892. The lowest BCUT2D eigenvalue weighted by molar-refractivity contribution is 0.128. The third-order valence-corrected chi connectivity index (χ3v) is 2.17. The minimum Gasteiger partial charge on any atom is -0.378 e. The van der Waals surface area contributed by atoms with Gasteiger partial charge < -0.3 is 10.1 Å². The average molecular weight is 204 g/mol. The van der Waals surface area contributed by atoms with Crippen molar-refractivity contribution in [2.45, 2.75) is 12.5 Å². The molecular weight excluding hydrogens is 188 g/mol. The maximum absolute atomic E-state index is 8.65. The highest BCUT2D eigenvalue weighted by Crippen LogP contribution is 1.99. The van der Waals surface area contributed by atoms with Gasteiger partial charge in [-0.1, -0.05) is 30.3 Å². The van der Waals surface area contributed by atoms with Crippen LogP contribution in [0.5, 0.6) is 0 Å². The van der Waals surface area contributed by atoms with Crippen LogP contribution in [-0.4, -0.2) is 26.3 Å². The molecule has 1 atom stereocenters. The molecule has 3 heteroatoms. The number of ether oxygens (including phenoxy) is 1. The van der Waals surface area contributed by atoms with E-state index >= 15 is 0 Å². The first kappa shape index (κ1) is 11.7. The minimum absolute atomic E-state index is 0.208. The van der Waals surface area contributed by atoms with E-state index < -0.39 is 0 Å². The van der Waals surface area contributed by atoms with E-state index in [4.69, 9.17) is 10.00 Å². The standard InChI is InChI=1S/C12H16N2O/c1-14-12(9-13)10-15-8-7-11-5-3-2-4-6-11/h2-6,12,14H,7-8,10H2,1H3. The van der Waals surface area contributed by atoms with Crippen molar-refractivity contribution in [2.24, 2.45) is 0 Å². The topological polar surface area (TPSA) is 45.0 Å². The maximum atomic E-state index is 8.65. The fourth-order valence-electron chi connectivity index (χ4n) is 1.22. The van der Waals surface area contributed by atoms with Crippen LogP contribution in [-0.2, 0) is 11.2 Å². The normalized spacial score (nSPS) is 12.0. The van der Waals surface area contributed by atoms with Gasteiger partial charge in [0.1, 0.15) is 6.04 Å². The van der Waals surface area contributed by atoms with Gasteiger partial charge in [0.25, 0.3) is 0 Å². The molecule has 1 aromatic rings. The SMILES string of the molecule is CNC(C#N)COCCc1ccccc1. The summed E-state index contributed by atoms with van der Waals surface area (Å²) < 4.78 is 5.40. The second-order valence-corrected chi connectivity index (χ2v) is 3.28. The maximum Gasteiger partial charge on any atom is 0.119 e. The molecule has 1 rings (SSSR count). The Bertz CT molecular complexity index is 305. The van der Waals surface area contributed by atoms with Gasteiger partial charge in [0, 0.05) is 0 Å². The molecule has 0 radical (unpaired) electrons. The molecule has 0 saturated carbocycles. The van der Waals surface area contributed by atoms with Crippen LogP contribution in [0.15, 0.2) is 30.3 Å². The van der Waals surface area contributed by atoms with Crippen molar-refractivity contribution in [1.29, 1.82) is 5.26 Å². The van der Waals surface area contributed by atoms with Crippen LogP contribution < -0.4 is 5.32 Å². The second kappa shape index (κ2) is 6.99. The molecule has 0 heterocycles. The monoisotopic (exact) mass is 204 g/mol. The predicted molar refractivity (Wildman–Crippen MR) is 59.4 cm³/mol. The Morgan fingerprint density at radius 1 is 1.40 bits per heavy atom. The van der Waals surface area contributed by atoms with Crippen LogP contribution in [0.1, 0.15) is 5.56 Å². The number of rotatable bonds is 6. The molecule has 3 nitrogen and oxygen atoms in total. The number of hydrogen-bond donors (Lipinski definition) is 1. The summed E-state index contributed by atoms with van der Waals surface area (Å²) in [5, 5.41) is 11.5.